The Balaban J connectivity index is 1.80. The van der Waals surface area contributed by atoms with E-state index in [1.54, 1.807) is 30.3 Å². The van der Waals surface area contributed by atoms with Gasteiger partial charge in [0.05, 0.1) is 11.0 Å². The number of amides is 1. The third-order valence-corrected chi connectivity index (χ3v) is 7.50. The van der Waals surface area contributed by atoms with Crippen molar-refractivity contribution in [1.82, 2.24) is 9.62 Å². The van der Waals surface area contributed by atoms with E-state index in [0.29, 0.717) is 6.42 Å². The maximum Gasteiger partial charge on any atom is 0.240 e. The molecular weight excluding hydrogens is 352 g/mol. The van der Waals surface area contributed by atoms with E-state index in [1.165, 1.54) is 6.92 Å². The molecule has 2 N–H and O–H groups in total. The van der Waals surface area contributed by atoms with Crippen molar-refractivity contribution >= 4 is 15.9 Å². The van der Waals surface area contributed by atoms with Gasteiger partial charge in [0.1, 0.15) is 0 Å². The molecule has 4 atom stereocenters. The van der Waals surface area contributed by atoms with Crippen molar-refractivity contribution in [3.8, 4) is 0 Å². The van der Waals surface area contributed by atoms with Crippen LogP contribution < -0.4 is 4.72 Å². The van der Waals surface area contributed by atoms with Crippen LogP contribution in [0.2, 0.25) is 0 Å². The Labute approximate surface area is 155 Å². The number of fused-ring (bicyclic) bond motifs is 1. The van der Waals surface area contributed by atoms with Crippen molar-refractivity contribution in [2.45, 2.75) is 69.0 Å². The first-order chi connectivity index (χ1) is 12.3. The molecule has 1 aromatic carbocycles. The lowest BCUT2D eigenvalue weighted by atomic mass is 9.75. The zero-order valence-electron chi connectivity index (χ0n) is 15.4. The molecule has 1 aliphatic heterocycles. The summed E-state index contributed by atoms with van der Waals surface area (Å²) in [5, 5.41) is 10.7. The summed E-state index contributed by atoms with van der Waals surface area (Å²) in [7, 11) is -3.62. The van der Waals surface area contributed by atoms with E-state index in [2.05, 4.69) is 4.72 Å². The Hall–Kier alpha value is -1.44. The molecule has 0 radical (unpaired) electrons. The number of carbonyl (C=O) groups is 1. The predicted molar refractivity (Wildman–Crippen MR) is 98.9 cm³/mol. The van der Waals surface area contributed by atoms with Crippen LogP contribution in [0.4, 0.5) is 0 Å². The Morgan fingerprint density at radius 2 is 1.92 bits per heavy atom. The molecule has 0 spiro atoms. The van der Waals surface area contributed by atoms with Crippen molar-refractivity contribution in [2.24, 2.45) is 5.41 Å². The fourth-order valence-electron chi connectivity index (χ4n) is 4.68. The molecule has 1 heterocycles. The molecule has 0 bridgehead atoms. The van der Waals surface area contributed by atoms with Gasteiger partial charge < -0.3 is 10.0 Å². The van der Waals surface area contributed by atoms with Crippen LogP contribution in [0.5, 0.6) is 0 Å². The number of carbonyl (C=O) groups excluding carboxylic acids is 1. The Morgan fingerprint density at radius 3 is 2.58 bits per heavy atom. The molecule has 0 aromatic heterocycles. The molecule has 1 amide bonds. The van der Waals surface area contributed by atoms with E-state index in [1.807, 2.05) is 11.8 Å². The van der Waals surface area contributed by atoms with Crippen LogP contribution in [0.15, 0.2) is 35.2 Å². The SMILES string of the molecule is CC(=O)N1[C@@H](CNS(=O)(=O)c2ccccc2)C[C@@]2(C)[C@@H](O)CCCC[C@@H]12. The summed E-state index contributed by atoms with van der Waals surface area (Å²) in [4.78, 5) is 14.4. The summed E-state index contributed by atoms with van der Waals surface area (Å²) in [5.74, 6) is -0.0586. The highest BCUT2D eigenvalue weighted by Gasteiger charge is 2.54. The van der Waals surface area contributed by atoms with E-state index < -0.39 is 16.1 Å². The van der Waals surface area contributed by atoms with Gasteiger partial charge in [0.2, 0.25) is 15.9 Å². The second-order valence-electron chi connectivity index (χ2n) is 7.77. The fourth-order valence-corrected chi connectivity index (χ4v) is 5.78. The summed E-state index contributed by atoms with van der Waals surface area (Å²) in [6, 6.07) is 7.95. The lowest BCUT2D eigenvalue weighted by Crippen LogP contribution is -2.48. The van der Waals surface area contributed by atoms with E-state index in [9.17, 15) is 18.3 Å². The van der Waals surface area contributed by atoms with Gasteiger partial charge in [-0.3, -0.25) is 4.79 Å². The predicted octanol–water partition coefficient (Wildman–Crippen LogP) is 1.90. The fraction of sp³-hybridized carbons (Fsp3) is 0.632. The molecule has 1 saturated heterocycles. The highest BCUT2D eigenvalue weighted by atomic mass is 32.2. The minimum Gasteiger partial charge on any atom is -0.392 e. The largest absolute Gasteiger partial charge is 0.392 e. The summed E-state index contributed by atoms with van der Waals surface area (Å²) >= 11 is 0. The number of likely N-dealkylation sites (tertiary alicyclic amines) is 1. The van der Waals surface area contributed by atoms with Crippen LogP contribution in [0.25, 0.3) is 0 Å². The monoisotopic (exact) mass is 380 g/mol. The van der Waals surface area contributed by atoms with Crippen molar-refractivity contribution in [2.75, 3.05) is 6.54 Å². The Morgan fingerprint density at radius 1 is 1.27 bits per heavy atom. The molecule has 2 aliphatic rings. The van der Waals surface area contributed by atoms with Crippen LogP contribution in [0.3, 0.4) is 0 Å². The zero-order chi connectivity index (χ0) is 18.9. The number of aliphatic hydroxyl groups is 1. The molecule has 6 nitrogen and oxygen atoms in total. The molecule has 1 aromatic rings. The van der Waals surface area contributed by atoms with Crippen LogP contribution in [0, 0.1) is 5.41 Å². The molecular formula is C19H28N2O4S. The summed E-state index contributed by atoms with van der Waals surface area (Å²) in [6.45, 7) is 3.73. The van der Waals surface area contributed by atoms with Crippen LogP contribution in [-0.2, 0) is 14.8 Å². The number of hydrogen-bond acceptors (Lipinski definition) is 4. The van der Waals surface area contributed by atoms with Gasteiger partial charge in [-0.1, -0.05) is 38.0 Å². The molecule has 2 fully saturated rings. The number of nitrogens with one attached hydrogen (secondary N) is 1. The van der Waals surface area contributed by atoms with Gasteiger partial charge in [0.25, 0.3) is 0 Å². The lowest BCUT2D eigenvalue weighted by Gasteiger charge is -2.37. The molecule has 26 heavy (non-hydrogen) atoms. The van der Waals surface area contributed by atoms with E-state index >= 15 is 0 Å². The third kappa shape index (κ3) is 3.52. The van der Waals surface area contributed by atoms with E-state index in [0.717, 1.165) is 25.7 Å². The van der Waals surface area contributed by atoms with Gasteiger partial charge in [-0.25, -0.2) is 13.1 Å². The maximum atomic E-state index is 12.5. The number of sulfonamides is 1. The highest BCUT2D eigenvalue weighted by molar-refractivity contribution is 7.89. The quantitative estimate of drug-likeness (QED) is 0.835. The average Bonchev–Trinajstić information content (AvgIpc) is 2.83. The topological polar surface area (TPSA) is 86.7 Å². The number of hydrogen-bond donors (Lipinski definition) is 2. The van der Waals surface area contributed by atoms with Gasteiger partial charge in [-0.15, -0.1) is 0 Å². The van der Waals surface area contributed by atoms with E-state index in [4.69, 9.17) is 0 Å². The minimum atomic E-state index is -3.62. The van der Waals surface area contributed by atoms with Crippen LogP contribution >= 0.6 is 0 Å². The second kappa shape index (κ2) is 7.29. The van der Waals surface area contributed by atoms with Crippen molar-refractivity contribution in [3.63, 3.8) is 0 Å². The van der Waals surface area contributed by atoms with Crippen molar-refractivity contribution < 1.29 is 18.3 Å². The second-order valence-corrected chi connectivity index (χ2v) is 9.54. The molecule has 0 unspecified atom stereocenters. The van der Waals surface area contributed by atoms with E-state index in [-0.39, 0.29) is 34.8 Å². The molecule has 1 aliphatic carbocycles. The standard InChI is InChI=1S/C19H28N2O4S/c1-14(22)21-15(12-19(2)17(21)10-6-7-11-18(19)23)13-20-26(24,25)16-8-4-3-5-9-16/h3-5,8-9,15,17-18,20,23H,6-7,10-13H2,1-2H3/t15-,17-,18+,19-/m1/s1. The summed E-state index contributed by atoms with van der Waals surface area (Å²) in [6.07, 6.45) is 3.67. The van der Waals surface area contributed by atoms with Crippen LogP contribution in [-0.4, -0.2) is 49.1 Å². The highest BCUT2D eigenvalue weighted by Crippen LogP contribution is 2.48. The average molecular weight is 381 g/mol. The maximum absolute atomic E-state index is 12.5. The minimum absolute atomic E-state index is 0.0382. The summed E-state index contributed by atoms with van der Waals surface area (Å²) in [5.41, 5.74) is -0.384. The molecule has 144 valence electrons. The molecule has 3 rings (SSSR count). The third-order valence-electron chi connectivity index (χ3n) is 6.06. The van der Waals surface area contributed by atoms with Gasteiger partial charge in [-0.2, -0.15) is 0 Å². The van der Waals surface area contributed by atoms with Crippen LogP contribution in [0.1, 0.15) is 46.0 Å². The van der Waals surface area contributed by atoms with Gasteiger partial charge in [-0.05, 0) is 31.4 Å². The van der Waals surface area contributed by atoms with Gasteiger partial charge in [0.15, 0.2) is 0 Å². The lowest BCUT2D eigenvalue weighted by molar-refractivity contribution is -0.133. The van der Waals surface area contributed by atoms with Gasteiger partial charge in [0, 0.05) is 31.0 Å². The number of aliphatic hydroxyl groups excluding tert-OH is 1. The Bertz CT molecular complexity index is 752. The van der Waals surface area contributed by atoms with Gasteiger partial charge >= 0.3 is 0 Å². The smallest absolute Gasteiger partial charge is 0.240 e. The number of rotatable bonds is 4. The zero-order valence-corrected chi connectivity index (χ0v) is 16.2. The first kappa shape index (κ1) is 19.3. The first-order valence-electron chi connectivity index (χ1n) is 9.27. The molecule has 1 saturated carbocycles. The normalized spacial score (nSPS) is 32.1. The molecule has 7 heteroatoms. The number of nitrogens with zero attached hydrogens (tertiary/aromatic N) is 1. The number of benzene rings is 1. The van der Waals surface area contributed by atoms with Crippen molar-refractivity contribution in [3.05, 3.63) is 30.3 Å². The van der Waals surface area contributed by atoms with Crippen molar-refractivity contribution in [1.29, 1.82) is 0 Å². The Kier molecular flexibility index (Phi) is 5.42. The first-order valence-corrected chi connectivity index (χ1v) is 10.8. The summed E-state index contributed by atoms with van der Waals surface area (Å²) < 4.78 is 27.7.